The van der Waals surface area contributed by atoms with Crippen molar-refractivity contribution in [3.05, 3.63) is 0 Å². The van der Waals surface area contributed by atoms with Crippen LogP contribution in [-0.2, 0) is 0 Å². The highest BCUT2D eigenvalue weighted by Gasteiger charge is 2.27. The van der Waals surface area contributed by atoms with Gasteiger partial charge in [-0.25, -0.2) is 0 Å². The normalized spacial score (nSPS) is 14.5. The lowest BCUT2D eigenvalue weighted by Crippen LogP contribution is -2.22. The van der Waals surface area contributed by atoms with Gasteiger partial charge < -0.3 is 0 Å². The van der Waals surface area contributed by atoms with E-state index in [-0.39, 0.29) is 0 Å². The van der Waals surface area contributed by atoms with Gasteiger partial charge in [0.25, 0.3) is 0 Å². The van der Waals surface area contributed by atoms with Gasteiger partial charge in [0.2, 0.25) is 0 Å². The number of hydrogen-bond acceptors (Lipinski definition) is 0. The summed E-state index contributed by atoms with van der Waals surface area (Å²) in [7, 11) is 0. The van der Waals surface area contributed by atoms with E-state index in [0.29, 0.717) is 4.28 Å². The van der Waals surface area contributed by atoms with Crippen molar-refractivity contribution in [2.75, 3.05) is 0 Å². The van der Waals surface area contributed by atoms with Crippen molar-refractivity contribution in [3.63, 3.8) is 0 Å². The van der Waals surface area contributed by atoms with Crippen molar-refractivity contribution in [1.29, 1.82) is 0 Å². The minimum absolute atomic E-state index is 0.518. The fourth-order valence-electron chi connectivity index (χ4n) is 2.18. The van der Waals surface area contributed by atoms with Crippen molar-refractivity contribution >= 4 is 16.3 Å². The van der Waals surface area contributed by atoms with Crippen molar-refractivity contribution in [1.82, 2.24) is 0 Å². The summed E-state index contributed by atoms with van der Waals surface area (Å²) in [5, 5.41) is 0. The first-order valence-corrected chi connectivity index (χ1v) is 6.51. The molecule has 13 heavy (non-hydrogen) atoms. The Morgan fingerprint density at radius 3 is 1.92 bits per heavy atom. The lowest BCUT2D eigenvalue weighted by atomic mass is 9.81. The van der Waals surface area contributed by atoms with Crippen LogP contribution in [0.25, 0.3) is 0 Å². The van der Waals surface area contributed by atoms with E-state index in [1.807, 2.05) is 0 Å². The largest absolute Gasteiger partial charge is 0.129 e. The van der Waals surface area contributed by atoms with Gasteiger partial charge in [-0.2, -0.15) is 0 Å². The summed E-state index contributed by atoms with van der Waals surface area (Å²) >= 11 is 3.12. The van der Waals surface area contributed by atoms with E-state index in [4.69, 9.17) is 0 Å². The molecule has 0 aromatic rings. The molecule has 0 saturated carbocycles. The summed E-state index contributed by atoms with van der Waals surface area (Å²) in [6.45, 7) is 9.27. The van der Waals surface area contributed by atoms with Crippen LogP contribution in [0.3, 0.4) is 0 Å². The molecule has 0 nitrogen and oxygen atoms in total. The Balaban J connectivity index is 4.16. The minimum atomic E-state index is 0.518. The van der Waals surface area contributed by atoms with Crippen LogP contribution in [0.4, 0.5) is 0 Å². The second-order valence-corrected chi connectivity index (χ2v) is 5.34. The molecular weight excluding hydrogens is 171 g/mol. The highest BCUT2D eigenvalue weighted by molar-refractivity contribution is 6.15. The molecule has 0 saturated heterocycles. The molecule has 0 aromatic heterocycles. The van der Waals surface area contributed by atoms with Gasteiger partial charge in [0, 0.05) is 0 Å². The quantitative estimate of drug-likeness (QED) is 0.531. The molecular formula is C12H25Al. The van der Waals surface area contributed by atoms with Crippen LogP contribution < -0.4 is 0 Å². The summed E-state index contributed by atoms with van der Waals surface area (Å²) in [6.07, 6.45) is 8.09. The molecule has 0 amide bonds. The van der Waals surface area contributed by atoms with Gasteiger partial charge in [0.15, 0.2) is 0 Å². The fraction of sp³-hybridized carbons (Fsp3) is 1.00. The topological polar surface area (TPSA) is 0 Å². The Bertz CT molecular complexity index is 116. The maximum atomic E-state index is 3.12. The Hall–Kier alpha value is 0.532. The molecule has 0 bridgehead atoms. The fourth-order valence-corrected chi connectivity index (χ4v) is 2.58. The van der Waals surface area contributed by atoms with E-state index in [1.165, 1.54) is 38.5 Å². The summed E-state index contributed by atoms with van der Waals surface area (Å²) < 4.78 is 0.518. The van der Waals surface area contributed by atoms with Gasteiger partial charge in [-0.15, -0.1) is 0 Å². The molecule has 1 unspecified atom stereocenters. The number of unbranched alkanes of at least 4 members (excludes halogenated alkanes) is 1. The highest BCUT2D eigenvalue weighted by atomic mass is 27.0. The van der Waals surface area contributed by atoms with Crippen LogP contribution in [0.1, 0.15) is 66.2 Å². The summed E-state index contributed by atoms with van der Waals surface area (Å²) in [6, 6.07) is 0. The summed E-state index contributed by atoms with van der Waals surface area (Å²) in [4.78, 5) is 0. The zero-order valence-electron chi connectivity index (χ0n) is 9.90. The maximum absolute atomic E-state index is 3.12. The van der Waals surface area contributed by atoms with Gasteiger partial charge in [0.1, 0.15) is 16.3 Å². The van der Waals surface area contributed by atoms with Crippen LogP contribution in [0, 0.1) is 5.92 Å². The molecule has 76 valence electrons. The second kappa shape index (κ2) is 6.91. The first kappa shape index (κ1) is 13.5. The molecule has 0 aromatic carbocycles. The van der Waals surface area contributed by atoms with Crippen molar-refractivity contribution < 1.29 is 0 Å². The van der Waals surface area contributed by atoms with Crippen LogP contribution in [0.5, 0.6) is 0 Å². The Labute approximate surface area is 92.9 Å². The molecule has 0 aliphatic carbocycles. The molecule has 2 radical (unpaired) electrons. The lowest BCUT2D eigenvalue weighted by Gasteiger charge is -2.37. The van der Waals surface area contributed by atoms with Crippen LogP contribution in [0.2, 0.25) is 4.28 Å². The third-order valence-electron chi connectivity index (χ3n) is 3.53. The van der Waals surface area contributed by atoms with E-state index in [2.05, 4.69) is 44.0 Å². The number of rotatable bonds is 7. The molecule has 0 heterocycles. The Morgan fingerprint density at radius 1 is 1.08 bits per heavy atom. The molecule has 1 atom stereocenters. The van der Waals surface area contributed by atoms with Crippen LogP contribution in [-0.4, -0.2) is 16.3 Å². The Morgan fingerprint density at radius 2 is 1.62 bits per heavy atom. The predicted molar refractivity (Wildman–Crippen MR) is 62.3 cm³/mol. The van der Waals surface area contributed by atoms with E-state index in [1.54, 1.807) is 0 Å². The van der Waals surface area contributed by atoms with Crippen LogP contribution in [0.15, 0.2) is 0 Å². The third-order valence-corrected chi connectivity index (χ3v) is 4.82. The van der Waals surface area contributed by atoms with Gasteiger partial charge >= 0.3 is 0 Å². The smallest absolute Gasteiger partial charge is 0.0945 e. The highest BCUT2D eigenvalue weighted by Crippen LogP contribution is 2.43. The van der Waals surface area contributed by atoms with Crippen LogP contribution >= 0.6 is 0 Å². The van der Waals surface area contributed by atoms with Gasteiger partial charge in [-0.05, 0) is 0 Å². The average Bonchev–Trinajstić information content (AvgIpc) is 2.18. The van der Waals surface area contributed by atoms with E-state index >= 15 is 0 Å². The number of hydrogen-bond donors (Lipinski definition) is 0. The molecule has 0 aliphatic rings. The first-order valence-electron chi connectivity index (χ1n) is 5.93. The lowest BCUT2D eigenvalue weighted by molar-refractivity contribution is 0.300. The van der Waals surface area contributed by atoms with Gasteiger partial charge in [-0.1, -0.05) is 76.4 Å². The van der Waals surface area contributed by atoms with E-state index < -0.39 is 0 Å². The first-order chi connectivity index (χ1) is 6.14. The summed E-state index contributed by atoms with van der Waals surface area (Å²) in [5.41, 5.74) is 0. The zero-order valence-corrected chi connectivity index (χ0v) is 11.1. The van der Waals surface area contributed by atoms with E-state index in [9.17, 15) is 0 Å². The molecule has 0 N–H and O–H groups in total. The standard InChI is InChI=1S/C12H25.Al/c1-5-9-10-12(8-4)11(6-2)7-3;/h12H,5-10H2,1-4H3;. The third kappa shape index (κ3) is 4.05. The van der Waals surface area contributed by atoms with Gasteiger partial charge in [-0.3, -0.25) is 0 Å². The molecule has 0 fully saturated rings. The van der Waals surface area contributed by atoms with E-state index in [0.717, 1.165) is 5.92 Å². The van der Waals surface area contributed by atoms with Crippen molar-refractivity contribution in [2.24, 2.45) is 5.92 Å². The molecule has 1 heteroatoms. The van der Waals surface area contributed by atoms with Crippen molar-refractivity contribution in [3.8, 4) is 0 Å². The maximum Gasteiger partial charge on any atom is 0.129 e. The minimum Gasteiger partial charge on any atom is -0.0945 e. The second-order valence-electron chi connectivity index (χ2n) is 4.19. The Kier molecular flexibility index (Phi) is 7.19. The SMILES string of the molecule is CCCCC(CC)[C]([Al])(CC)CC. The van der Waals surface area contributed by atoms with Gasteiger partial charge in [0.05, 0.1) is 0 Å². The molecule has 0 rings (SSSR count). The molecule has 0 spiro atoms. The van der Waals surface area contributed by atoms with Crippen molar-refractivity contribution in [2.45, 2.75) is 70.5 Å². The predicted octanol–water partition coefficient (Wildman–Crippen LogP) is 4.35. The summed E-state index contributed by atoms with van der Waals surface area (Å²) in [5.74, 6) is 0.910. The average molecular weight is 196 g/mol. The zero-order chi connectivity index (χ0) is 10.3. The molecule has 0 aliphatic heterocycles. The monoisotopic (exact) mass is 196 g/mol.